The third-order valence-corrected chi connectivity index (χ3v) is 4.35. The summed E-state index contributed by atoms with van der Waals surface area (Å²) in [7, 11) is 0. The highest BCUT2D eigenvalue weighted by Crippen LogP contribution is 2.10. The second-order valence-corrected chi connectivity index (χ2v) is 6.27. The fraction of sp³-hybridized carbons (Fsp3) is 0.100. The number of halogens is 2. The van der Waals surface area contributed by atoms with Crippen molar-refractivity contribution < 1.29 is 8.78 Å². The number of fused-ring (bicyclic) bond motifs is 1. The monoisotopic (exact) mass is 395 g/mol. The Morgan fingerprint density at radius 2 is 1.90 bits per heavy atom. The summed E-state index contributed by atoms with van der Waals surface area (Å²) >= 11 is 0. The van der Waals surface area contributed by atoms with Crippen molar-refractivity contribution in [3.63, 3.8) is 0 Å². The Balaban J connectivity index is 1.62. The summed E-state index contributed by atoms with van der Waals surface area (Å²) in [6.45, 7) is 0.358. The lowest BCUT2D eigenvalue weighted by Gasteiger charge is -2.08. The quantitative estimate of drug-likeness (QED) is 0.541. The van der Waals surface area contributed by atoms with Crippen LogP contribution in [-0.2, 0) is 6.42 Å². The molecule has 0 aliphatic carbocycles. The largest absolute Gasteiger partial charge is 0.354 e. The van der Waals surface area contributed by atoms with E-state index in [4.69, 9.17) is 0 Å². The second kappa shape index (κ2) is 7.63. The Hall–Kier alpha value is -3.88. The SMILES string of the molecule is O=c1[nH]c2nc(NCCc3ccccc3F)ncc2c(=O)n1-c1cccc(F)c1. The predicted molar refractivity (Wildman–Crippen MR) is 104 cm³/mol. The molecule has 7 nitrogen and oxygen atoms in total. The van der Waals surface area contributed by atoms with Crippen LogP contribution in [-0.4, -0.2) is 26.1 Å². The van der Waals surface area contributed by atoms with E-state index in [0.29, 0.717) is 18.5 Å². The third-order valence-electron chi connectivity index (χ3n) is 4.35. The zero-order chi connectivity index (χ0) is 20.4. The van der Waals surface area contributed by atoms with E-state index in [1.165, 1.54) is 30.5 Å². The van der Waals surface area contributed by atoms with Gasteiger partial charge in [-0.3, -0.25) is 9.78 Å². The predicted octanol–water partition coefficient (Wildman–Crippen LogP) is 2.40. The van der Waals surface area contributed by atoms with E-state index in [0.717, 1.165) is 10.6 Å². The van der Waals surface area contributed by atoms with Crippen molar-refractivity contribution in [1.29, 1.82) is 0 Å². The summed E-state index contributed by atoms with van der Waals surface area (Å²) in [4.78, 5) is 35.8. The van der Waals surface area contributed by atoms with E-state index in [1.54, 1.807) is 18.2 Å². The number of H-pyrrole nitrogens is 1. The highest BCUT2D eigenvalue weighted by atomic mass is 19.1. The van der Waals surface area contributed by atoms with Crippen LogP contribution in [0.1, 0.15) is 5.56 Å². The third kappa shape index (κ3) is 3.75. The number of aromatic nitrogens is 4. The van der Waals surface area contributed by atoms with Crippen LogP contribution in [0.4, 0.5) is 14.7 Å². The molecule has 0 fully saturated rings. The molecule has 0 saturated heterocycles. The van der Waals surface area contributed by atoms with Crippen molar-refractivity contribution in [1.82, 2.24) is 19.5 Å². The number of hydrogen-bond donors (Lipinski definition) is 2. The van der Waals surface area contributed by atoms with E-state index in [1.807, 2.05) is 0 Å². The Labute approximate surface area is 162 Å². The first-order valence-corrected chi connectivity index (χ1v) is 8.78. The van der Waals surface area contributed by atoms with Crippen LogP contribution in [0.15, 0.2) is 64.3 Å². The molecule has 0 amide bonds. The van der Waals surface area contributed by atoms with E-state index in [2.05, 4.69) is 20.3 Å². The molecule has 0 bridgehead atoms. The molecule has 29 heavy (non-hydrogen) atoms. The van der Waals surface area contributed by atoms with Crippen LogP contribution in [0.25, 0.3) is 16.7 Å². The van der Waals surface area contributed by atoms with Crippen LogP contribution in [0, 0.1) is 11.6 Å². The van der Waals surface area contributed by atoms with Gasteiger partial charge in [0.05, 0.1) is 5.69 Å². The van der Waals surface area contributed by atoms with Gasteiger partial charge in [0, 0.05) is 12.7 Å². The molecule has 9 heteroatoms. The van der Waals surface area contributed by atoms with Gasteiger partial charge < -0.3 is 5.32 Å². The molecule has 0 saturated carbocycles. The number of hydrogen-bond acceptors (Lipinski definition) is 5. The van der Waals surface area contributed by atoms with E-state index in [-0.39, 0.29) is 28.5 Å². The van der Waals surface area contributed by atoms with Gasteiger partial charge >= 0.3 is 5.69 Å². The topological polar surface area (TPSA) is 92.7 Å². The summed E-state index contributed by atoms with van der Waals surface area (Å²) in [5.74, 6) is -0.678. The summed E-state index contributed by atoms with van der Waals surface area (Å²) in [6.07, 6.45) is 1.69. The Morgan fingerprint density at radius 1 is 1.07 bits per heavy atom. The molecule has 0 spiro atoms. The Kier molecular flexibility index (Phi) is 4.86. The Morgan fingerprint density at radius 3 is 2.69 bits per heavy atom. The van der Waals surface area contributed by atoms with Gasteiger partial charge in [-0.2, -0.15) is 4.98 Å². The van der Waals surface area contributed by atoms with Gasteiger partial charge in [-0.15, -0.1) is 0 Å². The highest BCUT2D eigenvalue weighted by Gasteiger charge is 2.12. The summed E-state index contributed by atoms with van der Waals surface area (Å²) in [5.41, 5.74) is -0.704. The molecule has 2 aromatic carbocycles. The molecule has 4 aromatic rings. The van der Waals surface area contributed by atoms with Gasteiger partial charge in [-0.1, -0.05) is 24.3 Å². The standard InChI is InChI=1S/C20H15F2N5O2/c21-13-5-3-6-14(10-13)27-18(28)15-11-24-19(25-17(15)26-20(27)29)23-9-8-12-4-1-2-7-16(12)22/h1-7,10-11H,8-9H2,(H2,23,24,25,26,29). The van der Waals surface area contributed by atoms with Crippen molar-refractivity contribution in [2.24, 2.45) is 0 Å². The maximum atomic E-state index is 13.7. The average Bonchev–Trinajstić information content (AvgIpc) is 2.69. The number of benzene rings is 2. The van der Waals surface area contributed by atoms with Crippen molar-refractivity contribution in [2.75, 3.05) is 11.9 Å². The molecule has 0 unspecified atom stereocenters. The number of anilines is 1. The van der Waals surface area contributed by atoms with E-state index in [9.17, 15) is 18.4 Å². The van der Waals surface area contributed by atoms with Crippen molar-refractivity contribution in [3.8, 4) is 5.69 Å². The number of nitrogens with zero attached hydrogens (tertiary/aromatic N) is 3. The van der Waals surface area contributed by atoms with Crippen LogP contribution < -0.4 is 16.6 Å². The lowest BCUT2D eigenvalue weighted by atomic mass is 10.1. The average molecular weight is 395 g/mol. The van der Waals surface area contributed by atoms with Gasteiger partial charge in [0.2, 0.25) is 5.95 Å². The van der Waals surface area contributed by atoms with Gasteiger partial charge in [0.25, 0.3) is 5.56 Å². The van der Waals surface area contributed by atoms with Crippen LogP contribution in [0.5, 0.6) is 0 Å². The lowest BCUT2D eigenvalue weighted by molar-refractivity contribution is 0.610. The first-order chi connectivity index (χ1) is 14.0. The number of nitrogens with one attached hydrogen (secondary N) is 2. The molecule has 0 radical (unpaired) electrons. The Bertz CT molecular complexity index is 1320. The van der Waals surface area contributed by atoms with Gasteiger partial charge in [-0.05, 0) is 36.2 Å². The molecular formula is C20H15F2N5O2. The maximum Gasteiger partial charge on any atom is 0.334 e. The van der Waals surface area contributed by atoms with Crippen molar-refractivity contribution in [3.05, 3.63) is 92.8 Å². The lowest BCUT2D eigenvalue weighted by Crippen LogP contribution is -2.34. The maximum absolute atomic E-state index is 13.7. The molecule has 0 atom stereocenters. The minimum absolute atomic E-state index is 0.0519. The smallest absolute Gasteiger partial charge is 0.334 e. The second-order valence-electron chi connectivity index (χ2n) is 6.27. The molecule has 2 N–H and O–H groups in total. The summed E-state index contributed by atoms with van der Waals surface area (Å²) in [6, 6.07) is 11.6. The molecule has 2 heterocycles. The van der Waals surface area contributed by atoms with Gasteiger partial charge in [-0.25, -0.2) is 23.1 Å². The number of aromatic amines is 1. The molecule has 0 aliphatic heterocycles. The van der Waals surface area contributed by atoms with Crippen molar-refractivity contribution >= 4 is 17.0 Å². The van der Waals surface area contributed by atoms with E-state index >= 15 is 0 Å². The van der Waals surface area contributed by atoms with Crippen LogP contribution in [0.3, 0.4) is 0 Å². The first-order valence-electron chi connectivity index (χ1n) is 8.78. The minimum Gasteiger partial charge on any atom is -0.354 e. The zero-order valence-corrected chi connectivity index (χ0v) is 15.0. The van der Waals surface area contributed by atoms with Crippen molar-refractivity contribution in [2.45, 2.75) is 6.42 Å². The van der Waals surface area contributed by atoms with Gasteiger partial charge in [0.15, 0.2) is 5.65 Å². The molecule has 146 valence electrons. The fourth-order valence-electron chi connectivity index (χ4n) is 2.95. The molecule has 2 aromatic heterocycles. The molecule has 0 aliphatic rings. The molecule has 4 rings (SSSR count). The van der Waals surface area contributed by atoms with Gasteiger partial charge in [0.1, 0.15) is 17.0 Å². The zero-order valence-electron chi connectivity index (χ0n) is 15.0. The fourth-order valence-corrected chi connectivity index (χ4v) is 2.95. The van der Waals surface area contributed by atoms with Crippen LogP contribution >= 0.6 is 0 Å². The normalized spacial score (nSPS) is 11.0. The number of rotatable bonds is 5. The summed E-state index contributed by atoms with van der Waals surface area (Å²) in [5, 5.41) is 3.01. The van der Waals surface area contributed by atoms with E-state index < -0.39 is 17.1 Å². The summed E-state index contributed by atoms with van der Waals surface area (Å²) < 4.78 is 27.9. The first kappa shape index (κ1) is 18.5. The minimum atomic E-state index is -0.746. The molecular weight excluding hydrogens is 380 g/mol. The van der Waals surface area contributed by atoms with Crippen LogP contribution in [0.2, 0.25) is 0 Å². The highest BCUT2D eigenvalue weighted by molar-refractivity contribution is 5.73.